The molecule has 19 heavy (non-hydrogen) atoms. The van der Waals surface area contributed by atoms with Crippen LogP contribution in [-0.4, -0.2) is 40.8 Å². The number of ether oxygens (including phenoxy) is 1. The molecule has 1 aromatic rings. The molecule has 1 aromatic carbocycles. The Kier molecular flexibility index (Phi) is 5.32. The van der Waals surface area contributed by atoms with Crippen LogP contribution in [0.1, 0.15) is 12.5 Å². The Bertz CT molecular complexity index is 443. The molecule has 0 bridgehead atoms. The fraction of sp³-hybridized carbons (Fsp3) is 0.385. The van der Waals surface area contributed by atoms with Gasteiger partial charge in [0, 0.05) is 0 Å². The number of amides is 1. The number of aliphatic carboxylic acids is 1. The predicted octanol–water partition coefficient (Wildman–Crippen LogP) is 0.324. The Balaban J connectivity index is 2.57. The standard InChI is InChI=1S/C13H17NO5/c1-8-3-5-10(6-4-8)19-9(2)12(16)14-11(7-15)13(17)18/h3-6,9,11,15H,7H2,1-2H3,(H,14,16)(H,17,18)/t9?,11-/m1/s1. The number of aliphatic hydroxyl groups is 1. The second-order valence-corrected chi connectivity index (χ2v) is 4.16. The van der Waals surface area contributed by atoms with Crippen LogP contribution in [0.4, 0.5) is 0 Å². The van der Waals surface area contributed by atoms with E-state index in [4.69, 9.17) is 14.9 Å². The third kappa shape index (κ3) is 4.59. The minimum Gasteiger partial charge on any atom is -0.481 e. The van der Waals surface area contributed by atoms with Gasteiger partial charge in [0.15, 0.2) is 6.10 Å². The zero-order valence-corrected chi connectivity index (χ0v) is 10.8. The summed E-state index contributed by atoms with van der Waals surface area (Å²) >= 11 is 0. The zero-order chi connectivity index (χ0) is 14.4. The number of aliphatic hydroxyl groups excluding tert-OH is 1. The molecule has 0 heterocycles. The van der Waals surface area contributed by atoms with Gasteiger partial charge in [-0.05, 0) is 26.0 Å². The van der Waals surface area contributed by atoms with Crippen molar-refractivity contribution in [1.29, 1.82) is 0 Å². The molecule has 6 heteroatoms. The topological polar surface area (TPSA) is 95.9 Å². The molecule has 0 aliphatic carbocycles. The first-order chi connectivity index (χ1) is 8.93. The molecule has 1 rings (SSSR count). The zero-order valence-electron chi connectivity index (χ0n) is 10.8. The minimum atomic E-state index is -1.32. The number of carbonyl (C=O) groups is 2. The van der Waals surface area contributed by atoms with E-state index in [1.54, 1.807) is 12.1 Å². The molecular weight excluding hydrogens is 250 g/mol. The van der Waals surface area contributed by atoms with Gasteiger partial charge in [0.25, 0.3) is 5.91 Å². The Morgan fingerprint density at radius 1 is 1.32 bits per heavy atom. The van der Waals surface area contributed by atoms with Crippen LogP contribution in [-0.2, 0) is 9.59 Å². The van der Waals surface area contributed by atoms with Crippen molar-refractivity contribution in [3.63, 3.8) is 0 Å². The Hall–Kier alpha value is -2.08. The maximum Gasteiger partial charge on any atom is 0.328 e. The first-order valence-electron chi connectivity index (χ1n) is 5.81. The van der Waals surface area contributed by atoms with Gasteiger partial charge in [-0.25, -0.2) is 4.79 Å². The van der Waals surface area contributed by atoms with Crippen LogP contribution in [0.25, 0.3) is 0 Å². The summed E-state index contributed by atoms with van der Waals surface area (Å²) in [6.07, 6.45) is -0.851. The van der Waals surface area contributed by atoms with Crippen LogP contribution in [0.3, 0.4) is 0 Å². The fourth-order valence-electron chi connectivity index (χ4n) is 1.35. The van der Waals surface area contributed by atoms with Gasteiger partial charge >= 0.3 is 5.97 Å². The SMILES string of the molecule is Cc1ccc(OC(C)C(=O)N[C@H](CO)C(=O)O)cc1. The molecule has 0 radical (unpaired) electrons. The molecule has 1 amide bonds. The summed E-state index contributed by atoms with van der Waals surface area (Å²) in [7, 11) is 0. The Morgan fingerprint density at radius 3 is 2.37 bits per heavy atom. The van der Waals surface area contributed by atoms with Gasteiger partial charge in [0.1, 0.15) is 11.8 Å². The number of hydrogen-bond donors (Lipinski definition) is 3. The van der Waals surface area contributed by atoms with Crippen molar-refractivity contribution >= 4 is 11.9 Å². The molecule has 3 N–H and O–H groups in total. The second-order valence-electron chi connectivity index (χ2n) is 4.16. The predicted molar refractivity (Wildman–Crippen MR) is 67.9 cm³/mol. The Morgan fingerprint density at radius 2 is 1.89 bits per heavy atom. The molecule has 1 unspecified atom stereocenters. The van der Waals surface area contributed by atoms with E-state index < -0.39 is 30.6 Å². The summed E-state index contributed by atoms with van der Waals surface area (Å²) in [6, 6.07) is 5.80. The fourth-order valence-corrected chi connectivity index (χ4v) is 1.35. The van der Waals surface area contributed by atoms with Crippen molar-refractivity contribution in [2.24, 2.45) is 0 Å². The van der Waals surface area contributed by atoms with E-state index >= 15 is 0 Å². The summed E-state index contributed by atoms with van der Waals surface area (Å²) in [4.78, 5) is 22.3. The van der Waals surface area contributed by atoms with Crippen LogP contribution in [0.15, 0.2) is 24.3 Å². The summed E-state index contributed by atoms with van der Waals surface area (Å²) in [5, 5.41) is 19.7. The van der Waals surface area contributed by atoms with Gasteiger partial charge in [-0.15, -0.1) is 0 Å². The van der Waals surface area contributed by atoms with Crippen molar-refractivity contribution in [1.82, 2.24) is 5.32 Å². The monoisotopic (exact) mass is 267 g/mol. The van der Waals surface area contributed by atoms with Crippen molar-refractivity contribution in [3.8, 4) is 5.75 Å². The summed E-state index contributed by atoms with van der Waals surface area (Å²) in [6.45, 7) is 2.77. The average molecular weight is 267 g/mol. The highest BCUT2D eigenvalue weighted by molar-refractivity contribution is 5.86. The van der Waals surface area contributed by atoms with Crippen molar-refractivity contribution in [3.05, 3.63) is 29.8 Å². The number of rotatable bonds is 6. The molecule has 0 saturated heterocycles. The second kappa shape index (κ2) is 6.75. The third-order valence-electron chi connectivity index (χ3n) is 2.50. The van der Waals surface area contributed by atoms with Crippen LogP contribution in [0.2, 0.25) is 0 Å². The quantitative estimate of drug-likeness (QED) is 0.690. The van der Waals surface area contributed by atoms with Gasteiger partial charge in [-0.2, -0.15) is 0 Å². The number of hydrogen-bond acceptors (Lipinski definition) is 4. The summed E-state index contributed by atoms with van der Waals surface area (Å²) in [5.74, 6) is -1.37. The molecule has 0 fully saturated rings. The van der Waals surface area contributed by atoms with Gasteiger partial charge in [0.05, 0.1) is 6.61 Å². The largest absolute Gasteiger partial charge is 0.481 e. The van der Waals surface area contributed by atoms with E-state index in [-0.39, 0.29) is 0 Å². The van der Waals surface area contributed by atoms with E-state index in [1.807, 2.05) is 19.1 Å². The van der Waals surface area contributed by atoms with Gasteiger partial charge < -0.3 is 20.3 Å². The summed E-state index contributed by atoms with van der Waals surface area (Å²) < 4.78 is 5.37. The van der Waals surface area contributed by atoms with Crippen LogP contribution in [0, 0.1) is 6.92 Å². The Labute approximate surface area is 111 Å². The van der Waals surface area contributed by atoms with Crippen molar-refractivity contribution in [2.45, 2.75) is 26.0 Å². The third-order valence-corrected chi connectivity index (χ3v) is 2.50. The van der Waals surface area contributed by atoms with E-state index in [2.05, 4.69) is 5.32 Å². The highest BCUT2D eigenvalue weighted by atomic mass is 16.5. The molecule has 104 valence electrons. The molecule has 6 nitrogen and oxygen atoms in total. The maximum atomic E-state index is 11.7. The van der Waals surface area contributed by atoms with Gasteiger partial charge in [0.2, 0.25) is 0 Å². The normalized spacial score (nSPS) is 13.4. The molecular formula is C13H17NO5. The van der Waals surface area contributed by atoms with Crippen molar-refractivity contribution in [2.75, 3.05) is 6.61 Å². The average Bonchev–Trinajstić information content (AvgIpc) is 2.37. The highest BCUT2D eigenvalue weighted by Gasteiger charge is 2.23. The van der Waals surface area contributed by atoms with E-state index in [9.17, 15) is 9.59 Å². The van der Waals surface area contributed by atoms with E-state index in [1.165, 1.54) is 6.92 Å². The smallest absolute Gasteiger partial charge is 0.328 e. The molecule has 0 spiro atoms. The maximum absolute atomic E-state index is 11.7. The molecule has 0 aliphatic rings. The van der Waals surface area contributed by atoms with Gasteiger partial charge in [-0.3, -0.25) is 4.79 Å². The lowest BCUT2D eigenvalue weighted by molar-refractivity contribution is -0.144. The lowest BCUT2D eigenvalue weighted by atomic mass is 10.2. The van der Waals surface area contributed by atoms with Crippen molar-refractivity contribution < 1.29 is 24.5 Å². The highest BCUT2D eigenvalue weighted by Crippen LogP contribution is 2.13. The molecule has 0 saturated carbocycles. The van der Waals surface area contributed by atoms with Gasteiger partial charge in [-0.1, -0.05) is 17.7 Å². The number of benzene rings is 1. The van der Waals surface area contributed by atoms with E-state index in [0.717, 1.165) is 5.56 Å². The number of aryl methyl sites for hydroxylation is 1. The molecule has 0 aliphatic heterocycles. The lowest BCUT2D eigenvalue weighted by Crippen LogP contribution is -2.48. The molecule has 2 atom stereocenters. The first kappa shape index (κ1) is 15.0. The van der Waals surface area contributed by atoms with E-state index in [0.29, 0.717) is 5.75 Å². The van der Waals surface area contributed by atoms with Crippen LogP contribution < -0.4 is 10.1 Å². The van der Waals surface area contributed by atoms with Crippen LogP contribution >= 0.6 is 0 Å². The minimum absolute atomic E-state index is 0.518. The number of carbonyl (C=O) groups excluding carboxylic acids is 1. The first-order valence-corrected chi connectivity index (χ1v) is 5.81. The lowest BCUT2D eigenvalue weighted by Gasteiger charge is -2.17. The summed E-state index contributed by atoms with van der Waals surface area (Å²) in [5.41, 5.74) is 1.07. The number of nitrogens with one attached hydrogen (secondary N) is 1. The number of carboxylic acid groups (broad SMARTS) is 1. The number of carboxylic acids is 1. The van der Waals surface area contributed by atoms with Crippen LogP contribution in [0.5, 0.6) is 5.75 Å². The molecule has 0 aromatic heterocycles.